The van der Waals surface area contributed by atoms with Crippen LogP contribution in [-0.2, 0) is 10.0 Å². The molecular weight excluding hydrogens is 304 g/mol. The van der Waals surface area contributed by atoms with Crippen molar-refractivity contribution in [3.05, 3.63) is 36.7 Å². The summed E-state index contributed by atoms with van der Waals surface area (Å²) in [6.45, 7) is 2.64. The second kappa shape index (κ2) is 7.08. The molecule has 0 aliphatic carbocycles. The van der Waals surface area contributed by atoms with E-state index in [2.05, 4.69) is 21.6 Å². The van der Waals surface area contributed by atoms with Crippen molar-refractivity contribution in [2.75, 3.05) is 17.1 Å². The SMILES string of the molecule is CCCCOc1cnc(NS(=O)(=O)c2ccccc2N)nc1. The molecular formula is C14H18N4O3S. The number of unbranched alkanes of at least 4 members (excludes halogenated alkanes) is 1. The number of para-hydroxylation sites is 1. The molecule has 22 heavy (non-hydrogen) atoms. The predicted molar refractivity (Wildman–Crippen MR) is 84.1 cm³/mol. The number of hydrogen-bond donors (Lipinski definition) is 2. The Hall–Kier alpha value is -2.35. The van der Waals surface area contributed by atoms with Crippen LogP contribution >= 0.6 is 0 Å². The number of aromatic nitrogens is 2. The minimum atomic E-state index is -3.82. The lowest BCUT2D eigenvalue weighted by atomic mass is 10.3. The Labute approximate surface area is 129 Å². The summed E-state index contributed by atoms with van der Waals surface area (Å²) < 4.78 is 32.1. The van der Waals surface area contributed by atoms with Gasteiger partial charge in [0.2, 0.25) is 5.95 Å². The first-order chi connectivity index (χ1) is 10.5. The van der Waals surface area contributed by atoms with Crippen LogP contribution in [0.4, 0.5) is 11.6 Å². The van der Waals surface area contributed by atoms with E-state index in [4.69, 9.17) is 10.5 Å². The van der Waals surface area contributed by atoms with Crippen molar-refractivity contribution in [2.45, 2.75) is 24.7 Å². The van der Waals surface area contributed by atoms with Gasteiger partial charge in [0.15, 0.2) is 5.75 Å². The molecule has 0 spiro atoms. The number of rotatable bonds is 7. The van der Waals surface area contributed by atoms with Gasteiger partial charge >= 0.3 is 0 Å². The maximum Gasteiger partial charge on any atom is 0.266 e. The molecule has 0 saturated carbocycles. The van der Waals surface area contributed by atoms with E-state index in [9.17, 15) is 8.42 Å². The van der Waals surface area contributed by atoms with Gasteiger partial charge in [0.1, 0.15) is 4.90 Å². The van der Waals surface area contributed by atoms with Crippen molar-refractivity contribution >= 4 is 21.7 Å². The maximum atomic E-state index is 12.2. The molecule has 0 fully saturated rings. The first kappa shape index (κ1) is 16.0. The van der Waals surface area contributed by atoms with Crippen LogP contribution in [-0.4, -0.2) is 25.0 Å². The largest absolute Gasteiger partial charge is 0.490 e. The van der Waals surface area contributed by atoms with Crippen LogP contribution in [0.1, 0.15) is 19.8 Å². The lowest BCUT2D eigenvalue weighted by Crippen LogP contribution is -2.16. The van der Waals surface area contributed by atoms with Crippen LogP contribution in [0.3, 0.4) is 0 Å². The maximum absolute atomic E-state index is 12.2. The third-order valence-corrected chi connectivity index (χ3v) is 4.23. The van der Waals surface area contributed by atoms with E-state index in [1.54, 1.807) is 12.1 Å². The van der Waals surface area contributed by atoms with E-state index < -0.39 is 10.0 Å². The summed E-state index contributed by atoms with van der Waals surface area (Å²) in [5, 5.41) is 0. The van der Waals surface area contributed by atoms with E-state index in [0.29, 0.717) is 12.4 Å². The second-order valence-corrected chi connectivity index (χ2v) is 6.24. The smallest absolute Gasteiger partial charge is 0.266 e. The van der Waals surface area contributed by atoms with Crippen molar-refractivity contribution in [1.82, 2.24) is 9.97 Å². The summed E-state index contributed by atoms with van der Waals surface area (Å²) in [5.74, 6) is 0.460. The summed E-state index contributed by atoms with van der Waals surface area (Å²) in [4.78, 5) is 7.85. The molecule has 1 heterocycles. The van der Waals surface area contributed by atoms with Gasteiger partial charge in [-0.05, 0) is 18.6 Å². The van der Waals surface area contributed by atoms with Gasteiger partial charge in [-0.15, -0.1) is 0 Å². The molecule has 0 bridgehead atoms. The molecule has 0 aliphatic heterocycles. The topological polar surface area (TPSA) is 107 Å². The van der Waals surface area contributed by atoms with Crippen LogP contribution in [0.5, 0.6) is 5.75 Å². The zero-order valence-corrected chi connectivity index (χ0v) is 13.0. The number of ether oxygens (including phenoxy) is 1. The van der Waals surface area contributed by atoms with E-state index in [0.717, 1.165) is 12.8 Å². The van der Waals surface area contributed by atoms with Gasteiger partial charge in [-0.25, -0.2) is 23.1 Å². The lowest BCUT2D eigenvalue weighted by molar-refractivity contribution is 0.307. The fourth-order valence-corrected chi connectivity index (χ4v) is 2.77. The highest BCUT2D eigenvalue weighted by Crippen LogP contribution is 2.19. The van der Waals surface area contributed by atoms with Gasteiger partial charge in [-0.1, -0.05) is 25.5 Å². The van der Waals surface area contributed by atoms with Crippen LogP contribution in [0.25, 0.3) is 0 Å². The molecule has 0 unspecified atom stereocenters. The molecule has 2 rings (SSSR count). The molecule has 1 aromatic carbocycles. The van der Waals surface area contributed by atoms with Crippen LogP contribution < -0.4 is 15.2 Å². The lowest BCUT2D eigenvalue weighted by Gasteiger charge is -2.09. The molecule has 118 valence electrons. The normalized spacial score (nSPS) is 11.1. The summed E-state index contributed by atoms with van der Waals surface area (Å²) in [7, 11) is -3.82. The minimum absolute atomic E-state index is 0.0122. The Morgan fingerprint density at radius 2 is 1.91 bits per heavy atom. The van der Waals surface area contributed by atoms with Crippen LogP contribution in [0, 0.1) is 0 Å². The first-order valence-corrected chi connectivity index (χ1v) is 8.33. The first-order valence-electron chi connectivity index (χ1n) is 6.85. The van der Waals surface area contributed by atoms with Crippen LogP contribution in [0.15, 0.2) is 41.6 Å². The molecule has 0 radical (unpaired) electrons. The molecule has 7 nitrogen and oxygen atoms in total. The molecule has 2 aromatic rings. The van der Waals surface area contributed by atoms with Gasteiger partial charge in [0.25, 0.3) is 10.0 Å². The number of hydrogen-bond acceptors (Lipinski definition) is 6. The summed E-state index contributed by atoms with van der Waals surface area (Å²) in [6.07, 6.45) is 4.81. The summed E-state index contributed by atoms with van der Waals surface area (Å²) >= 11 is 0. The molecule has 0 saturated heterocycles. The van der Waals surface area contributed by atoms with Gasteiger partial charge in [-0.2, -0.15) is 0 Å². The van der Waals surface area contributed by atoms with Crippen molar-refractivity contribution in [3.8, 4) is 5.75 Å². The third kappa shape index (κ3) is 4.08. The van der Waals surface area contributed by atoms with Crippen molar-refractivity contribution in [3.63, 3.8) is 0 Å². The number of benzene rings is 1. The Morgan fingerprint density at radius 3 is 2.55 bits per heavy atom. The van der Waals surface area contributed by atoms with E-state index in [1.807, 2.05) is 0 Å². The molecule has 1 aromatic heterocycles. The van der Waals surface area contributed by atoms with Crippen molar-refractivity contribution in [1.29, 1.82) is 0 Å². The van der Waals surface area contributed by atoms with Crippen LogP contribution in [0.2, 0.25) is 0 Å². The number of nitrogens with zero attached hydrogens (tertiary/aromatic N) is 2. The third-order valence-electron chi connectivity index (χ3n) is 2.83. The zero-order chi connectivity index (χ0) is 16.0. The van der Waals surface area contributed by atoms with E-state index in [1.165, 1.54) is 24.5 Å². The van der Waals surface area contributed by atoms with E-state index in [-0.39, 0.29) is 16.5 Å². The summed E-state index contributed by atoms with van der Waals surface area (Å²) in [5.41, 5.74) is 5.83. The van der Waals surface area contributed by atoms with Gasteiger partial charge in [-0.3, -0.25) is 0 Å². The number of nitrogen functional groups attached to an aromatic ring is 1. The highest BCUT2D eigenvalue weighted by atomic mass is 32.2. The number of sulfonamides is 1. The predicted octanol–water partition coefficient (Wildman–Crippen LogP) is 2.04. The number of nitrogens with one attached hydrogen (secondary N) is 1. The van der Waals surface area contributed by atoms with Crippen molar-refractivity contribution < 1.29 is 13.2 Å². The Bertz CT molecular complexity index is 717. The molecule has 0 aliphatic rings. The Balaban J connectivity index is 2.09. The number of nitrogens with two attached hydrogens (primary N) is 1. The average molecular weight is 322 g/mol. The van der Waals surface area contributed by atoms with Gasteiger partial charge in [0.05, 0.1) is 24.7 Å². The standard InChI is InChI=1S/C14H18N4O3S/c1-2-3-8-21-11-9-16-14(17-10-11)18-22(19,20)13-7-5-4-6-12(13)15/h4-7,9-10H,2-3,8,15H2,1H3,(H,16,17,18). The quantitative estimate of drug-likeness (QED) is 0.596. The fourth-order valence-electron chi connectivity index (χ4n) is 1.68. The highest BCUT2D eigenvalue weighted by molar-refractivity contribution is 7.92. The minimum Gasteiger partial charge on any atom is -0.490 e. The Morgan fingerprint density at radius 1 is 1.23 bits per heavy atom. The zero-order valence-electron chi connectivity index (χ0n) is 12.2. The fraction of sp³-hybridized carbons (Fsp3) is 0.286. The number of anilines is 2. The monoisotopic (exact) mass is 322 g/mol. The molecule has 0 amide bonds. The van der Waals surface area contributed by atoms with Crippen molar-refractivity contribution in [2.24, 2.45) is 0 Å². The Kier molecular flexibility index (Phi) is 5.16. The molecule has 8 heteroatoms. The second-order valence-electron chi connectivity index (χ2n) is 4.59. The molecule has 3 N–H and O–H groups in total. The highest BCUT2D eigenvalue weighted by Gasteiger charge is 2.18. The average Bonchev–Trinajstić information content (AvgIpc) is 2.49. The molecule has 0 atom stereocenters. The van der Waals surface area contributed by atoms with E-state index >= 15 is 0 Å². The van der Waals surface area contributed by atoms with Gasteiger partial charge in [0, 0.05) is 0 Å². The summed E-state index contributed by atoms with van der Waals surface area (Å²) in [6, 6.07) is 6.18. The van der Waals surface area contributed by atoms with Gasteiger partial charge < -0.3 is 10.5 Å².